The highest BCUT2D eigenvalue weighted by atomic mass is 35.5. The van der Waals surface area contributed by atoms with Gasteiger partial charge in [0.1, 0.15) is 17.9 Å². The standard InChI is InChI=1S/C20H16Cl2O5/c1-11-14-4-3-13(26-10-12-2-6-16(21)17(22)8-12)9-18(14)27-20(25)15(11)5-7-19(23)24/h2-4,6,8-9H,5,7,10H2,1H3,(H,23,24). The van der Waals surface area contributed by atoms with E-state index in [1.807, 2.05) is 6.07 Å². The summed E-state index contributed by atoms with van der Waals surface area (Å²) in [5, 5.41) is 10.5. The number of hydrogen-bond acceptors (Lipinski definition) is 4. The van der Waals surface area contributed by atoms with Gasteiger partial charge >= 0.3 is 11.6 Å². The van der Waals surface area contributed by atoms with E-state index >= 15 is 0 Å². The van der Waals surface area contributed by atoms with E-state index in [9.17, 15) is 9.59 Å². The molecule has 140 valence electrons. The van der Waals surface area contributed by atoms with Gasteiger partial charge in [-0.3, -0.25) is 4.79 Å². The van der Waals surface area contributed by atoms with Gasteiger partial charge in [-0.25, -0.2) is 4.79 Å². The van der Waals surface area contributed by atoms with Crippen LogP contribution in [0.5, 0.6) is 5.75 Å². The Labute approximate surface area is 165 Å². The largest absolute Gasteiger partial charge is 0.489 e. The average Bonchev–Trinajstić information content (AvgIpc) is 2.62. The maximum atomic E-state index is 12.2. The zero-order chi connectivity index (χ0) is 19.6. The first-order valence-corrected chi connectivity index (χ1v) is 8.95. The summed E-state index contributed by atoms with van der Waals surface area (Å²) in [6.07, 6.45) is 0.0109. The van der Waals surface area contributed by atoms with E-state index in [1.165, 1.54) is 0 Å². The van der Waals surface area contributed by atoms with Crippen LogP contribution in [0.25, 0.3) is 11.0 Å². The van der Waals surface area contributed by atoms with E-state index in [1.54, 1.807) is 37.3 Å². The van der Waals surface area contributed by atoms with E-state index in [0.29, 0.717) is 26.9 Å². The number of carboxylic acids is 1. The van der Waals surface area contributed by atoms with Crippen LogP contribution in [-0.2, 0) is 17.8 Å². The number of ether oxygens (including phenoxy) is 1. The van der Waals surface area contributed by atoms with Gasteiger partial charge in [0.15, 0.2) is 0 Å². The first kappa shape index (κ1) is 19.3. The molecule has 0 aliphatic carbocycles. The third-order valence-corrected chi connectivity index (χ3v) is 4.98. The molecule has 7 heteroatoms. The Balaban J connectivity index is 1.84. The molecular weight excluding hydrogens is 391 g/mol. The van der Waals surface area contributed by atoms with Crippen molar-refractivity contribution in [3.05, 3.63) is 73.6 Å². The number of carboxylic acid groups (broad SMARTS) is 1. The van der Waals surface area contributed by atoms with Crippen LogP contribution in [0.3, 0.4) is 0 Å². The van der Waals surface area contributed by atoms with Gasteiger partial charge in [0.25, 0.3) is 0 Å². The highest BCUT2D eigenvalue weighted by Gasteiger charge is 2.13. The minimum absolute atomic E-state index is 0.123. The van der Waals surface area contributed by atoms with Crippen molar-refractivity contribution in [3.8, 4) is 5.75 Å². The molecule has 2 aromatic carbocycles. The SMILES string of the molecule is Cc1c(CCC(=O)O)c(=O)oc2cc(OCc3ccc(Cl)c(Cl)c3)ccc12. The number of benzene rings is 2. The van der Waals surface area contributed by atoms with Crippen LogP contribution in [0.15, 0.2) is 45.6 Å². The van der Waals surface area contributed by atoms with Crippen molar-refractivity contribution in [1.29, 1.82) is 0 Å². The normalized spacial score (nSPS) is 10.9. The smallest absolute Gasteiger partial charge is 0.339 e. The Kier molecular flexibility index (Phi) is 5.73. The molecule has 1 N–H and O–H groups in total. The zero-order valence-electron chi connectivity index (χ0n) is 14.4. The fraction of sp³-hybridized carbons (Fsp3) is 0.200. The molecule has 27 heavy (non-hydrogen) atoms. The van der Waals surface area contributed by atoms with Gasteiger partial charge in [0.05, 0.1) is 10.0 Å². The van der Waals surface area contributed by atoms with E-state index in [-0.39, 0.29) is 19.4 Å². The highest BCUT2D eigenvalue weighted by Crippen LogP contribution is 2.26. The number of halogens is 2. The maximum absolute atomic E-state index is 12.2. The van der Waals surface area contributed by atoms with Gasteiger partial charge in [0, 0.05) is 23.4 Å². The Morgan fingerprint density at radius 3 is 2.63 bits per heavy atom. The summed E-state index contributed by atoms with van der Waals surface area (Å²) in [5.41, 5.74) is 1.82. The Morgan fingerprint density at radius 2 is 1.93 bits per heavy atom. The van der Waals surface area contributed by atoms with Gasteiger partial charge in [-0.15, -0.1) is 0 Å². The molecule has 0 spiro atoms. The lowest BCUT2D eigenvalue weighted by atomic mass is 10.0. The van der Waals surface area contributed by atoms with Gasteiger partial charge in [0.2, 0.25) is 0 Å². The molecule has 0 amide bonds. The van der Waals surface area contributed by atoms with E-state index in [0.717, 1.165) is 16.5 Å². The summed E-state index contributed by atoms with van der Waals surface area (Å²) >= 11 is 11.9. The third-order valence-electron chi connectivity index (χ3n) is 4.24. The topological polar surface area (TPSA) is 76.7 Å². The molecule has 5 nitrogen and oxygen atoms in total. The lowest BCUT2D eigenvalue weighted by Gasteiger charge is -2.10. The van der Waals surface area contributed by atoms with Gasteiger partial charge in [-0.05, 0) is 48.7 Å². The van der Waals surface area contributed by atoms with Crippen LogP contribution in [0, 0.1) is 6.92 Å². The van der Waals surface area contributed by atoms with Crippen LogP contribution in [-0.4, -0.2) is 11.1 Å². The quantitative estimate of drug-likeness (QED) is 0.582. The fourth-order valence-electron chi connectivity index (χ4n) is 2.78. The van der Waals surface area contributed by atoms with E-state index < -0.39 is 11.6 Å². The van der Waals surface area contributed by atoms with Crippen molar-refractivity contribution in [3.63, 3.8) is 0 Å². The maximum Gasteiger partial charge on any atom is 0.339 e. The van der Waals surface area contributed by atoms with Crippen LogP contribution in [0.1, 0.15) is 23.1 Å². The highest BCUT2D eigenvalue weighted by molar-refractivity contribution is 6.42. The number of aryl methyl sites for hydroxylation is 1. The van der Waals surface area contributed by atoms with E-state index in [2.05, 4.69) is 0 Å². The second-order valence-corrected chi connectivity index (χ2v) is 6.90. The molecule has 0 fully saturated rings. The number of aliphatic carboxylic acids is 1. The molecule has 0 aliphatic rings. The second kappa shape index (κ2) is 8.03. The molecule has 0 aliphatic heterocycles. The van der Waals surface area contributed by atoms with Crippen molar-refractivity contribution >= 4 is 40.1 Å². The molecule has 1 aromatic heterocycles. The molecule has 0 atom stereocenters. The number of hydrogen-bond donors (Lipinski definition) is 1. The fourth-order valence-corrected chi connectivity index (χ4v) is 3.10. The molecule has 0 radical (unpaired) electrons. The second-order valence-electron chi connectivity index (χ2n) is 6.08. The van der Waals surface area contributed by atoms with Crippen molar-refractivity contribution < 1.29 is 19.1 Å². The van der Waals surface area contributed by atoms with Gasteiger partial charge < -0.3 is 14.3 Å². The van der Waals surface area contributed by atoms with Crippen LogP contribution in [0.4, 0.5) is 0 Å². The minimum atomic E-state index is -0.958. The van der Waals surface area contributed by atoms with Gasteiger partial charge in [-0.1, -0.05) is 29.3 Å². The number of fused-ring (bicyclic) bond motifs is 1. The van der Waals surface area contributed by atoms with Crippen LogP contribution >= 0.6 is 23.2 Å². The van der Waals surface area contributed by atoms with Crippen molar-refractivity contribution in [2.45, 2.75) is 26.4 Å². The monoisotopic (exact) mass is 406 g/mol. The van der Waals surface area contributed by atoms with Crippen molar-refractivity contribution in [1.82, 2.24) is 0 Å². The summed E-state index contributed by atoms with van der Waals surface area (Å²) < 4.78 is 11.1. The minimum Gasteiger partial charge on any atom is -0.489 e. The zero-order valence-corrected chi connectivity index (χ0v) is 15.9. The summed E-state index contributed by atoms with van der Waals surface area (Å²) in [6.45, 7) is 2.06. The predicted octanol–water partition coefficient (Wildman–Crippen LogP) is 5.00. The summed E-state index contributed by atoms with van der Waals surface area (Å²) in [5.74, 6) is -0.422. The molecular formula is C20H16Cl2O5. The molecule has 0 saturated carbocycles. The molecule has 0 saturated heterocycles. The lowest BCUT2D eigenvalue weighted by Crippen LogP contribution is -2.12. The third kappa shape index (κ3) is 4.43. The van der Waals surface area contributed by atoms with Crippen molar-refractivity contribution in [2.24, 2.45) is 0 Å². The van der Waals surface area contributed by atoms with Crippen LogP contribution < -0.4 is 10.4 Å². The molecule has 1 heterocycles. The lowest BCUT2D eigenvalue weighted by molar-refractivity contribution is -0.136. The van der Waals surface area contributed by atoms with Crippen molar-refractivity contribution in [2.75, 3.05) is 0 Å². The molecule has 3 rings (SSSR count). The molecule has 0 unspecified atom stereocenters. The van der Waals surface area contributed by atoms with E-state index in [4.69, 9.17) is 37.5 Å². The van der Waals surface area contributed by atoms with Gasteiger partial charge in [-0.2, -0.15) is 0 Å². The summed E-state index contributed by atoms with van der Waals surface area (Å²) in [4.78, 5) is 23.0. The first-order valence-electron chi connectivity index (χ1n) is 8.20. The first-order chi connectivity index (χ1) is 12.8. The molecule has 3 aromatic rings. The van der Waals surface area contributed by atoms with Crippen LogP contribution in [0.2, 0.25) is 10.0 Å². The Bertz CT molecular complexity index is 1070. The average molecular weight is 407 g/mol. The Hall–Kier alpha value is -2.50. The Morgan fingerprint density at radius 1 is 1.15 bits per heavy atom. The predicted molar refractivity (Wildman–Crippen MR) is 104 cm³/mol. The summed E-state index contributed by atoms with van der Waals surface area (Å²) in [6, 6.07) is 10.4. The summed E-state index contributed by atoms with van der Waals surface area (Å²) in [7, 11) is 0. The number of rotatable bonds is 6. The number of carbonyl (C=O) groups is 1. The molecule has 0 bridgehead atoms.